The van der Waals surface area contributed by atoms with Gasteiger partial charge in [0.1, 0.15) is 5.75 Å². The molecule has 1 aliphatic heterocycles. The molecule has 0 saturated heterocycles. The Balaban J connectivity index is 0.00000363. The van der Waals surface area contributed by atoms with Crippen molar-refractivity contribution in [3.8, 4) is 17.2 Å². The smallest absolute Gasteiger partial charge is 0.231 e. The summed E-state index contributed by atoms with van der Waals surface area (Å²) in [5.41, 5.74) is 1.87. The molecule has 1 aliphatic rings. The number of halogens is 1. The van der Waals surface area contributed by atoms with Gasteiger partial charge in [-0.3, -0.25) is 4.99 Å². The van der Waals surface area contributed by atoms with Gasteiger partial charge in [-0.1, -0.05) is 6.07 Å². The summed E-state index contributed by atoms with van der Waals surface area (Å²) in [5.74, 6) is 2.48. The van der Waals surface area contributed by atoms with Crippen LogP contribution >= 0.6 is 24.0 Å². The summed E-state index contributed by atoms with van der Waals surface area (Å²) in [4.78, 5) is 4.32. The zero-order chi connectivity index (χ0) is 22.3. The van der Waals surface area contributed by atoms with Gasteiger partial charge in [-0.05, 0) is 62.2 Å². The number of anilines is 1. The number of hydrogen-bond acceptors (Lipinski definition) is 6. The largest absolute Gasteiger partial charge is 0.491 e. The first-order valence-corrected chi connectivity index (χ1v) is 11.7. The second kappa shape index (κ2) is 12.1. The highest BCUT2D eigenvalue weighted by atomic mass is 127. The first kappa shape index (κ1) is 26.0. The minimum absolute atomic E-state index is 0. The van der Waals surface area contributed by atoms with E-state index in [1.807, 2.05) is 56.3 Å². The van der Waals surface area contributed by atoms with E-state index < -0.39 is 10.0 Å². The molecule has 0 fully saturated rings. The summed E-state index contributed by atoms with van der Waals surface area (Å²) >= 11 is 0. The van der Waals surface area contributed by atoms with Crippen LogP contribution in [-0.4, -0.2) is 46.1 Å². The number of sulfonamides is 1. The third-order valence-electron chi connectivity index (χ3n) is 4.28. The van der Waals surface area contributed by atoms with Crippen molar-refractivity contribution in [2.75, 3.05) is 31.0 Å². The highest BCUT2D eigenvalue weighted by Gasteiger charge is 2.13. The number of benzene rings is 2. The van der Waals surface area contributed by atoms with Crippen molar-refractivity contribution in [1.82, 2.24) is 5.32 Å². The molecule has 2 aromatic carbocycles. The van der Waals surface area contributed by atoms with E-state index >= 15 is 0 Å². The lowest BCUT2D eigenvalue weighted by atomic mass is 10.1. The number of fused-ring (bicyclic) bond motifs is 1. The number of nitrogens with zero attached hydrogens (tertiary/aromatic N) is 1. The Kier molecular flexibility index (Phi) is 9.84. The molecule has 0 amide bonds. The van der Waals surface area contributed by atoms with Crippen LogP contribution in [0.15, 0.2) is 47.5 Å². The van der Waals surface area contributed by atoms with Crippen molar-refractivity contribution < 1.29 is 22.6 Å². The Morgan fingerprint density at radius 2 is 1.88 bits per heavy atom. The molecule has 0 aromatic heterocycles. The summed E-state index contributed by atoms with van der Waals surface area (Å²) < 4.78 is 38.8. The minimum atomic E-state index is -3.58. The maximum Gasteiger partial charge on any atom is 0.231 e. The van der Waals surface area contributed by atoms with Crippen LogP contribution in [0.25, 0.3) is 0 Å². The fraction of sp³-hybridized carbons (Fsp3) is 0.381. The average molecular weight is 576 g/mol. The maximum atomic E-state index is 11.2. The number of nitrogens with two attached hydrogens (primary N) is 1. The molecular weight excluding hydrogens is 547 g/mol. The van der Waals surface area contributed by atoms with E-state index in [1.54, 1.807) is 0 Å². The molecule has 2 aromatic rings. The van der Waals surface area contributed by atoms with Crippen molar-refractivity contribution in [2.45, 2.75) is 26.4 Å². The quantitative estimate of drug-likeness (QED) is 0.238. The minimum Gasteiger partial charge on any atom is -0.491 e. The molecular formula is C21H29IN4O5S. The molecule has 0 unspecified atom stereocenters. The predicted octanol–water partition coefficient (Wildman–Crippen LogP) is 2.71. The molecule has 0 bridgehead atoms. The number of aliphatic imine (C=N–C) groups is 1. The van der Waals surface area contributed by atoms with Gasteiger partial charge < -0.3 is 24.8 Å². The van der Waals surface area contributed by atoms with Crippen LogP contribution in [0.3, 0.4) is 0 Å². The molecule has 32 heavy (non-hydrogen) atoms. The Bertz CT molecular complexity index is 1010. The molecule has 4 N–H and O–H groups in total. The van der Waals surface area contributed by atoms with Gasteiger partial charge in [0.05, 0.1) is 18.4 Å². The van der Waals surface area contributed by atoms with E-state index in [4.69, 9.17) is 19.3 Å². The van der Waals surface area contributed by atoms with Crippen molar-refractivity contribution in [3.63, 3.8) is 0 Å². The predicted molar refractivity (Wildman–Crippen MR) is 136 cm³/mol. The molecule has 0 spiro atoms. The monoisotopic (exact) mass is 576 g/mol. The highest BCUT2D eigenvalue weighted by Crippen LogP contribution is 2.32. The van der Waals surface area contributed by atoms with Crippen molar-refractivity contribution in [3.05, 3.63) is 48.0 Å². The Hall–Kier alpha value is -2.25. The molecule has 176 valence electrons. The Morgan fingerprint density at radius 1 is 1.16 bits per heavy atom. The van der Waals surface area contributed by atoms with E-state index in [2.05, 4.69) is 15.6 Å². The van der Waals surface area contributed by atoms with Gasteiger partial charge in [0.15, 0.2) is 17.5 Å². The lowest BCUT2D eigenvalue weighted by Crippen LogP contribution is -2.33. The number of primary sulfonamides is 1. The van der Waals surface area contributed by atoms with Crippen LogP contribution in [0.5, 0.6) is 17.2 Å². The SMILES string of the molecule is CC(C)Oc1ccc(NC(=NCCS(N)(=O)=O)NCCc2ccc3c(c2)OCO3)cc1.I. The number of ether oxygens (including phenoxy) is 3. The number of rotatable bonds is 9. The summed E-state index contributed by atoms with van der Waals surface area (Å²) in [6.07, 6.45) is 0.806. The number of guanidine groups is 1. The Morgan fingerprint density at radius 3 is 2.56 bits per heavy atom. The van der Waals surface area contributed by atoms with Gasteiger partial charge in [0.25, 0.3) is 0 Å². The second-order valence-corrected chi connectivity index (χ2v) is 9.01. The summed E-state index contributed by atoms with van der Waals surface area (Å²) in [6.45, 7) is 4.80. The normalized spacial score (nSPS) is 12.9. The van der Waals surface area contributed by atoms with Crippen LogP contribution in [0, 0.1) is 0 Å². The Labute approximate surface area is 205 Å². The zero-order valence-electron chi connectivity index (χ0n) is 18.0. The first-order chi connectivity index (χ1) is 14.8. The standard InChI is InChI=1S/C21H28N4O5S.HI/c1-15(2)30-18-6-4-17(5-7-18)25-21(24-11-12-31(22,26)27)23-10-9-16-3-8-19-20(13-16)29-14-28-19;/h3-8,13,15H,9-12,14H2,1-2H3,(H2,22,26,27)(H2,23,24,25);1H. The van der Waals surface area contributed by atoms with E-state index in [0.717, 1.165) is 28.5 Å². The summed E-state index contributed by atoms with van der Waals surface area (Å²) in [5, 5.41) is 11.5. The topological polar surface area (TPSA) is 124 Å². The van der Waals surface area contributed by atoms with E-state index in [-0.39, 0.29) is 49.2 Å². The molecule has 3 rings (SSSR count). The number of hydrogen-bond donors (Lipinski definition) is 3. The van der Waals surface area contributed by atoms with Gasteiger partial charge in [-0.2, -0.15) is 0 Å². The average Bonchev–Trinajstić information content (AvgIpc) is 3.16. The molecule has 0 atom stereocenters. The molecule has 9 nitrogen and oxygen atoms in total. The van der Waals surface area contributed by atoms with Gasteiger partial charge in [-0.15, -0.1) is 24.0 Å². The third kappa shape index (κ3) is 8.71. The van der Waals surface area contributed by atoms with Gasteiger partial charge in [0, 0.05) is 12.2 Å². The van der Waals surface area contributed by atoms with Crippen molar-refractivity contribution in [2.24, 2.45) is 10.1 Å². The summed E-state index contributed by atoms with van der Waals surface area (Å²) in [7, 11) is -3.58. The lowest BCUT2D eigenvalue weighted by Gasteiger charge is -2.14. The molecule has 11 heteroatoms. The molecule has 0 aliphatic carbocycles. The summed E-state index contributed by atoms with van der Waals surface area (Å²) in [6, 6.07) is 13.3. The molecule has 0 radical (unpaired) electrons. The fourth-order valence-electron chi connectivity index (χ4n) is 2.87. The highest BCUT2D eigenvalue weighted by molar-refractivity contribution is 14.0. The van der Waals surface area contributed by atoms with Gasteiger partial charge >= 0.3 is 0 Å². The lowest BCUT2D eigenvalue weighted by molar-refractivity contribution is 0.174. The second-order valence-electron chi connectivity index (χ2n) is 7.28. The van der Waals surface area contributed by atoms with E-state index in [1.165, 1.54) is 0 Å². The van der Waals surface area contributed by atoms with E-state index in [9.17, 15) is 8.42 Å². The first-order valence-electron chi connectivity index (χ1n) is 9.99. The zero-order valence-corrected chi connectivity index (χ0v) is 21.2. The van der Waals surface area contributed by atoms with Crippen molar-refractivity contribution in [1.29, 1.82) is 0 Å². The third-order valence-corrected chi connectivity index (χ3v) is 5.03. The van der Waals surface area contributed by atoms with Crippen LogP contribution in [0.1, 0.15) is 19.4 Å². The van der Waals surface area contributed by atoms with Gasteiger partial charge in [-0.25, -0.2) is 13.6 Å². The molecule has 1 heterocycles. The van der Waals surface area contributed by atoms with Crippen LogP contribution in [-0.2, 0) is 16.4 Å². The fourth-order valence-corrected chi connectivity index (χ4v) is 3.22. The maximum absolute atomic E-state index is 11.2. The van der Waals surface area contributed by atoms with Crippen molar-refractivity contribution >= 4 is 45.6 Å². The van der Waals surface area contributed by atoms with E-state index in [0.29, 0.717) is 18.9 Å². The van der Waals surface area contributed by atoms with Crippen LogP contribution < -0.4 is 30.0 Å². The number of nitrogens with one attached hydrogen (secondary N) is 2. The van der Waals surface area contributed by atoms with Gasteiger partial charge in [0.2, 0.25) is 16.8 Å². The van der Waals surface area contributed by atoms with Crippen LogP contribution in [0.4, 0.5) is 5.69 Å². The van der Waals surface area contributed by atoms with Crippen LogP contribution in [0.2, 0.25) is 0 Å². The molecule has 0 saturated carbocycles.